The van der Waals surface area contributed by atoms with Crippen LogP contribution in [-0.2, 0) is 6.54 Å². The lowest BCUT2D eigenvalue weighted by Gasteiger charge is -2.04. The second-order valence-electron chi connectivity index (χ2n) is 4.64. The van der Waals surface area contributed by atoms with E-state index in [0.29, 0.717) is 18.5 Å². The molecule has 2 aromatic rings. The standard InChI is InChI=1S/C14H17ClN2O/c1-9(2)16-7-12-8-18-14(17-12)11-4-5-13(15)10(3)6-11/h4-6,8-9,16H,7H2,1-3H3. The number of rotatable bonds is 4. The maximum Gasteiger partial charge on any atom is 0.226 e. The highest BCUT2D eigenvalue weighted by atomic mass is 35.5. The van der Waals surface area contributed by atoms with Gasteiger partial charge in [-0.05, 0) is 30.7 Å². The van der Waals surface area contributed by atoms with E-state index < -0.39 is 0 Å². The summed E-state index contributed by atoms with van der Waals surface area (Å²) >= 11 is 6.00. The summed E-state index contributed by atoms with van der Waals surface area (Å²) in [5.41, 5.74) is 2.88. The van der Waals surface area contributed by atoms with Gasteiger partial charge in [0, 0.05) is 23.2 Å². The first kappa shape index (κ1) is 13.1. The van der Waals surface area contributed by atoms with Crippen LogP contribution in [0.2, 0.25) is 5.02 Å². The van der Waals surface area contributed by atoms with Gasteiger partial charge in [-0.3, -0.25) is 0 Å². The van der Waals surface area contributed by atoms with Gasteiger partial charge in [0.1, 0.15) is 6.26 Å². The fourth-order valence-electron chi connectivity index (χ4n) is 1.61. The lowest BCUT2D eigenvalue weighted by molar-refractivity contribution is 0.560. The Hall–Kier alpha value is -1.32. The number of aromatic nitrogens is 1. The summed E-state index contributed by atoms with van der Waals surface area (Å²) in [5.74, 6) is 0.635. The summed E-state index contributed by atoms with van der Waals surface area (Å²) in [6, 6.07) is 6.19. The molecular weight excluding hydrogens is 248 g/mol. The molecule has 96 valence electrons. The third kappa shape index (κ3) is 3.12. The minimum Gasteiger partial charge on any atom is -0.444 e. The number of nitrogens with zero attached hydrogens (tertiary/aromatic N) is 1. The van der Waals surface area contributed by atoms with Gasteiger partial charge in [0.25, 0.3) is 0 Å². The molecule has 1 N–H and O–H groups in total. The van der Waals surface area contributed by atoms with E-state index in [9.17, 15) is 0 Å². The molecule has 1 aromatic heterocycles. The predicted octanol–water partition coefficient (Wildman–Crippen LogP) is 3.80. The van der Waals surface area contributed by atoms with Crippen LogP contribution in [0, 0.1) is 6.92 Å². The molecule has 18 heavy (non-hydrogen) atoms. The first-order valence-electron chi connectivity index (χ1n) is 6.00. The van der Waals surface area contributed by atoms with Crippen LogP contribution < -0.4 is 5.32 Å². The van der Waals surface area contributed by atoms with Crippen molar-refractivity contribution in [2.75, 3.05) is 0 Å². The van der Waals surface area contributed by atoms with Crippen molar-refractivity contribution in [2.45, 2.75) is 33.4 Å². The van der Waals surface area contributed by atoms with Gasteiger partial charge in [-0.25, -0.2) is 4.98 Å². The summed E-state index contributed by atoms with van der Waals surface area (Å²) in [6.07, 6.45) is 1.69. The van der Waals surface area contributed by atoms with Crippen molar-refractivity contribution in [3.05, 3.63) is 40.7 Å². The third-order valence-electron chi connectivity index (χ3n) is 2.65. The van der Waals surface area contributed by atoms with Crippen LogP contribution in [0.3, 0.4) is 0 Å². The lowest BCUT2D eigenvalue weighted by atomic mass is 10.1. The summed E-state index contributed by atoms with van der Waals surface area (Å²) in [7, 11) is 0. The number of halogens is 1. The van der Waals surface area contributed by atoms with E-state index in [1.54, 1.807) is 6.26 Å². The molecule has 0 unspecified atom stereocenters. The van der Waals surface area contributed by atoms with Crippen molar-refractivity contribution in [2.24, 2.45) is 0 Å². The smallest absolute Gasteiger partial charge is 0.226 e. The predicted molar refractivity (Wildman–Crippen MR) is 73.7 cm³/mol. The van der Waals surface area contributed by atoms with Crippen LogP contribution in [0.15, 0.2) is 28.9 Å². The molecule has 0 radical (unpaired) electrons. The quantitative estimate of drug-likeness (QED) is 0.913. The van der Waals surface area contributed by atoms with Gasteiger partial charge >= 0.3 is 0 Å². The van der Waals surface area contributed by atoms with Crippen LogP contribution in [-0.4, -0.2) is 11.0 Å². The number of hydrogen-bond acceptors (Lipinski definition) is 3. The molecule has 1 heterocycles. The maximum absolute atomic E-state index is 6.00. The van der Waals surface area contributed by atoms with E-state index in [-0.39, 0.29) is 0 Å². The van der Waals surface area contributed by atoms with E-state index in [4.69, 9.17) is 16.0 Å². The topological polar surface area (TPSA) is 38.1 Å². The zero-order chi connectivity index (χ0) is 13.1. The van der Waals surface area contributed by atoms with Gasteiger partial charge in [0.15, 0.2) is 0 Å². The number of nitrogens with one attached hydrogen (secondary N) is 1. The first-order valence-corrected chi connectivity index (χ1v) is 6.38. The van der Waals surface area contributed by atoms with Crippen LogP contribution in [0.4, 0.5) is 0 Å². The second-order valence-corrected chi connectivity index (χ2v) is 5.05. The van der Waals surface area contributed by atoms with E-state index in [0.717, 1.165) is 21.8 Å². The van der Waals surface area contributed by atoms with Crippen LogP contribution in [0.25, 0.3) is 11.5 Å². The fourth-order valence-corrected chi connectivity index (χ4v) is 1.72. The molecule has 0 atom stereocenters. The molecular formula is C14H17ClN2O. The van der Waals surface area contributed by atoms with Gasteiger partial charge < -0.3 is 9.73 Å². The van der Waals surface area contributed by atoms with Gasteiger partial charge in [0.2, 0.25) is 5.89 Å². The Kier molecular flexibility index (Phi) is 4.04. The molecule has 0 aliphatic heterocycles. The zero-order valence-electron chi connectivity index (χ0n) is 10.8. The summed E-state index contributed by atoms with van der Waals surface area (Å²) in [4.78, 5) is 4.45. The molecule has 0 fully saturated rings. The molecule has 3 nitrogen and oxygen atoms in total. The molecule has 0 bridgehead atoms. The van der Waals surface area contributed by atoms with Crippen LogP contribution >= 0.6 is 11.6 Å². The maximum atomic E-state index is 6.00. The Morgan fingerprint density at radius 2 is 2.17 bits per heavy atom. The highest BCUT2D eigenvalue weighted by Gasteiger charge is 2.08. The van der Waals surface area contributed by atoms with E-state index in [1.807, 2.05) is 25.1 Å². The third-order valence-corrected chi connectivity index (χ3v) is 3.07. The summed E-state index contributed by atoms with van der Waals surface area (Å²) < 4.78 is 5.48. The van der Waals surface area contributed by atoms with Gasteiger partial charge in [-0.1, -0.05) is 25.4 Å². The van der Waals surface area contributed by atoms with Crippen molar-refractivity contribution in [3.8, 4) is 11.5 Å². The van der Waals surface area contributed by atoms with Crippen LogP contribution in [0.1, 0.15) is 25.1 Å². The SMILES string of the molecule is Cc1cc(-c2nc(CNC(C)C)co2)ccc1Cl. The molecule has 0 saturated heterocycles. The molecule has 4 heteroatoms. The van der Waals surface area contributed by atoms with E-state index in [1.165, 1.54) is 0 Å². The number of oxazole rings is 1. The molecule has 0 saturated carbocycles. The van der Waals surface area contributed by atoms with E-state index in [2.05, 4.69) is 24.1 Å². The van der Waals surface area contributed by atoms with Crippen molar-refractivity contribution < 1.29 is 4.42 Å². The van der Waals surface area contributed by atoms with Gasteiger partial charge in [0.05, 0.1) is 5.69 Å². The largest absolute Gasteiger partial charge is 0.444 e. The Balaban J connectivity index is 2.16. The Morgan fingerprint density at radius 1 is 1.39 bits per heavy atom. The number of benzene rings is 1. The minimum absolute atomic E-state index is 0.433. The fraction of sp³-hybridized carbons (Fsp3) is 0.357. The summed E-state index contributed by atoms with van der Waals surface area (Å²) in [5, 5.41) is 4.06. The molecule has 1 aromatic carbocycles. The molecule has 2 rings (SSSR count). The molecule has 0 amide bonds. The van der Waals surface area contributed by atoms with Crippen molar-refractivity contribution in [1.29, 1.82) is 0 Å². The zero-order valence-corrected chi connectivity index (χ0v) is 11.6. The second kappa shape index (κ2) is 5.55. The van der Waals surface area contributed by atoms with E-state index >= 15 is 0 Å². The van der Waals surface area contributed by atoms with Crippen molar-refractivity contribution >= 4 is 11.6 Å². The molecule has 0 aliphatic carbocycles. The average Bonchev–Trinajstić information content (AvgIpc) is 2.79. The highest BCUT2D eigenvalue weighted by molar-refractivity contribution is 6.31. The molecule has 0 aliphatic rings. The summed E-state index contributed by atoms with van der Waals surface area (Å²) in [6.45, 7) is 6.89. The Labute approximate surface area is 112 Å². The normalized spacial score (nSPS) is 11.2. The van der Waals surface area contributed by atoms with Gasteiger partial charge in [-0.2, -0.15) is 0 Å². The first-order chi connectivity index (χ1) is 8.56. The Morgan fingerprint density at radius 3 is 2.83 bits per heavy atom. The monoisotopic (exact) mass is 264 g/mol. The van der Waals surface area contributed by atoms with Gasteiger partial charge in [-0.15, -0.1) is 0 Å². The van der Waals surface area contributed by atoms with Crippen molar-refractivity contribution in [1.82, 2.24) is 10.3 Å². The lowest BCUT2D eigenvalue weighted by Crippen LogP contribution is -2.21. The van der Waals surface area contributed by atoms with Crippen molar-refractivity contribution in [3.63, 3.8) is 0 Å². The Bertz CT molecular complexity index is 534. The molecule has 0 spiro atoms. The van der Waals surface area contributed by atoms with Crippen LogP contribution in [0.5, 0.6) is 0 Å². The highest BCUT2D eigenvalue weighted by Crippen LogP contribution is 2.24. The number of aryl methyl sites for hydroxylation is 1. The minimum atomic E-state index is 0.433. The number of hydrogen-bond donors (Lipinski definition) is 1. The average molecular weight is 265 g/mol.